The summed E-state index contributed by atoms with van der Waals surface area (Å²) in [5.41, 5.74) is 10.3. The highest BCUT2D eigenvalue weighted by atomic mass is 16.3. The van der Waals surface area contributed by atoms with Gasteiger partial charge in [-0.2, -0.15) is 0 Å². The summed E-state index contributed by atoms with van der Waals surface area (Å²) in [6, 6.07) is 0. The van der Waals surface area contributed by atoms with E-state index in [0.717, 1.165) is 38.5 Å². The van der Waals surface area contributed by atoms with E-state index in [2.05, 4.69) is 13.8 Å². The van der Waals surface area contributed by atoms with Crippen LogP contribution < -0.4 is 11.5 Å². The molecule has 0 radical (unpaired) electrons. The molecule has 0 rings (SSSR count). The number of unbranched alkanes of at least 4 members (excludes halogenated alkanes) is 2. The molecule has 0 aliphatic rings. The van der Waals surface area contributed by atoms with Crippen LogP contribution in [0.25, 0.3) is 0 Å². The average molecular weight is 234 g/mol. The summed E-state index contributed by atoms with van der Waals surface area (Å²) in [5, 5.41) is 17.7. The van der Waals surface area contributed by atoms with Crippen molar-refractivity contribution in [2.24, 2.45) is 11.5 Å². The first-order valence-electron chi connectivity index (χ1n) is 6.38. The molecule has 4 nitrogen and oxygen atoms in total. The number of rotatable bonds is 8. The molecule has 0 spiro atoms. The first-order valence-corrected chi connectivity index (χ1v) is 6.38. The highest BCUT2D eigenvalue weighted by Gasteiger charge is 1.97. The van der Waals surface area contributed by atoms with E-state index in [1.807, 2.05) is 0 Å². The van der Waals surface area contributed by atoms with Gasteiger partial charge in [-0.05, 0) is 12.8 Å². The number of hydrogen-bond acceptors (Lipinski definition) is 4. The zero-order valence-electron chi connectivity index (χ0n) is 10.9. The Balaban J connectivity index is 0. The van der Waals surface area contributed by atoms with Crippen molar-refractivity contribution >= 4 is 0 Å². The summed E-state index contributed by atoms with van der Waals surface area (Å²) >= 11 is 0. The zero-order chi connectivity index (χ0) is 12.8. The van der Waals surface area contributed by atoms with Crippen LogP contribution in [0.2, 0.25) is 0 Å². The van der Waals surface area contributed by atoms with Crippen molar-refractivity contribution in [3.8, 4) is 0 Å². The molecule has 0 amide bonds. The van der Waals surface area contributed by atoms with Gasteiger partial charge >= 0.3 is 0 Å². The Morgan fingerprint density at radius 1 is 0.812 bits per heavy atom. The van der Waals surface area contributed by atoms with Crippen molar-refractivity contribution in [3.05, 3.63) is 0 Å². The Kier molecular flexibility index (Phi) is 16.9. The standard InChI is InChI=1S/2C6H15NO/c2*1-2-3-4-6(8)5-7/h2*6,8H,2-5,7H2,1H3. The van der Waals surface area contributed by atoms with Gasteiger partial charge in [0.05, 0.1) is 12.2 Å². The predicted molar refractivity (Wildman–Crippen MR) is 69.2 cm³/mol. The van der Waals surface area contributed by atoms with Crippen molar-refractivity contribution in [2.45, 2.75) is 64.6 Å². The van der Waals surface area contributed by atoms with Crippen LogP contribution in [-0.4, -0.2) is 35.5 Å². The van der Waals surface area contributed by atoms with Crippen molar-refractivity contribution in [2.75, 3.05) is 13.1 Å². The molecular weight excluding hydrogens is 204 g/mol. The summed E-state index contributed by atoms with van der Waals surface area (Å²) < 4.78 is 0. The van der Waals surface area contributed by atoms with Crippen LogP contribution in [0, 0.1) is 0 Å². The maximum absolute atomic E-state index is 8.86. The van der Waals surface area contributed by atoms with E-state index in [1.165, 1.54) is 0 Å². The molecule has 16 heavy (non-hydrogen) atoms. The lowest BCUT2D eigenvalue weighted by Gasteiger charge is -2.03. The summed E-state index contributed by atoms with van der Waals surface area (Å²) in [6.07, 6.45) is 5.61. The molecule has 0 bridgehead atoms. The largest absolute Gasteiger partial charge is 0.392 e. The fourth-order valence-corrected chi connectivity index (χ4v) is 1.12. The monoisotopic (exact) mass is 234 g/mol. The molecule has 4 heteroatoms. The predicted octanol–water partition coefficient (Wildman–Crippen LogP) is 0.992. The highest BCUT2D eigenvalue weighted by molar-refractivity contribution is 4.54. The Labute approximate surface area is 100 Å². The molecule has 0 aromatic rings. The summed E-state index contributed by atoms with van der Waals surface area (Å²) in [4.78, 5) is 0. The SMILES string of the molecule is CCCCC(O)CN.CCCCC(O)CN. The van der Waals surface area contributed by atoms with Gasteiger partial charge in [0.25, 0.3) is 0 Å². The fraction of sp³-hybridized carbons (Fsp3) is 1.00. The molecule has 0 aromatic heterocycles. The van der Waals surface area contributed by atoms with Gasteiger partial charge in [0.15, 0.2) is 0 Å². The Bertz CT molecular complexity index is 110. The molecule has 0 saturated carbocycles. The van der Waals surface area contributed by atoms with Crippen molar-refractivity contribution in [1.29, 1.82) is 0 Å². The molecule has 0 aromatic carbocycles. The van der Waals surface area contributed by atoms with Gasteiger partial charge in [-0.15, -0.1) is 0 Å². The van der Waals surface area contributed by atoms with Crippen molar-refractivity contribution in [3.63, 3.8) is 0 Å². The second-order valence-electron chi connectivity index (χ2n) is 4.06. The molecule has 0 aliphatic heterocycles. The van der Waals surface area contributed by atoms with Gasteiger partial charge in [-0.1, -0.05) is 39.5 Å². The number of aliphatic hydroxyl groups is 2. The van der Waals surface area contributed by atoms with Crippen molar-refractivity contribution in [1.82, 2.24) is 0 Å². The van der Waals surface area contributed by atoms with Crippen LogP contribution in [-0.2, 0) is 0 Å². The van der Waals surface area contributed by atoms with Gasteiger partial charge in [-0.25, -0.2) is 0 Å². The first kappa shape index (κ1) is 18.2. The topological polar surface area (TPSA) is 92.5 Å². The Morgan fingerprint density at radius 2 is 1.12 bits per heavy atom. The first-order chi connectivity index (χ1) is 7.62. The highest BCUT2D eigenvalue weighted by Crippen LogP contribution is 1.97. The molecule has 0 saturated heterocycles. The van der Waals surface area contributed by atoms with Crippen LogP contribution in [0.1, 0.15) is 52.4 Å². The zero-order valence-corrected chi connectivity index (χ0v) is 10.9. The minimum Gasteiger partial charge on any atom is -0.392 e. The summed E-state index contributed by atoms with van der Waals surface area (Å²) in [6.45, 7) is 5.01. The molecular formula is C12H30N2O2. The lowest BCUT2D eigenvalue weighted by molar-refractivity contribution is 0.169. The Hall–Kier alpha value is -0.160. The maximum Gasteiger partial charge on any atom is 0.0662 e. The third-order valence-electron chi connectivity index (χ3n) is 2.33. The third-order valence-corrected chi connectivity index (χ3v) is 2.33. The molecule has 2 atom stereocenters. The van der Waals surface area contributed by atoms with Crippen LogP contribution in [0.3, 0.4) is 0 Å². The van der Waals surface area contributed by atoms with Crippen LogP contribution in [0.4, 0.5) is 0 Å². The van der Waals surface area contributed by atoms with E-state index in [1.54, 1.807) is 0 Å². The summed E-state index contributed by atoms with van der Waals surface area (Å²) in [5.74, 6) is 0. The second kappa shape index (κ2) is 14.8. The minimum absolute atomic E-state index is 0.269. The van der Waals surface area contributed by atoms with E-state index in [4.69, 9.17) is 21.7 Å². The normalized spacial score (nSPS) is 13.9. The minimum atomic E-state index is -0.269. The number of aliphatic hydroxyl groups excluding tert-OH is 2. The van der Waals surface area contributed by atoms with Gasteiger partial charge in [-0.3, -0.25) is 0 Å². The molecule has 100 valence electrons. The molecule has 0 aliphatic carbocycles. The van der Waals surface area contributed by atoms with Crippen molar-refractivity contribution < 1.29 is 10.2 Å². The lowest BCUT2D eigenvalue weighted by Crippen LogP contribution is -2.18. The summed E-state index contributed by atoms with van der Waals surface area (Å²) in [7, 11) is 0. The molecule has 0 fully saturated rings. The number of hydrogen-bond donors (Lipinski definition) is 4. The Morgan fingerprint density at radius 3 is 1.31 bits per heavy atom. The quantitative estimate of drug-likeness (QED) is 0.504. The van der Waals surface area contributed by atoms with Crippen LogP contribution >= 0.6 is 0 Å². The third kappa shape index (κ3) is 16.3. The van der Waals surface area contributed by atoms with Gasteiger partial charge in [0.2, 0.25) is 0 Å². The van der Waals surface area contributed by atoms with Crippen LogP contribution in [0.5, 0.6) is 0 Å². The van der Waals surface area contributed by atoms with Gasteiger partial charge in [0.1, 0.15) is 0 Å². The fourth-order valence-electron chi connectivity index (χ4n) is 1.12. The average Bonchev–Trinajstić information content (AvgIpc) is 2.33. The van der Waals surface area contributed by atoms with Gasteiger partial charge < -0.3 is 21.7 Å². The van der Waals surface area contributed by atoms with E-state index >= 15 is 0 Å². The van der Waals surface area contributed by atoms with E-state index in [0.29, 0.717) is 13.1 Å². The van der Waals surface area contributed by atoms with E-state index in [9.17, 15) is 0 Å². The lowest BCUT2D eigenvalue weighted by atomic mass is 10.2. The van der Waals surface area contributed by atoms with E-state index in [-0.39, 0.29) is 12.2 Å². The number of nitrogens with two attached hydrogens (primary N) is 2. The maximum atomic E-state index is 8.86. The van der Waals surface area contributed by atoms with Crippen LogP contribution in [0.15, 0.2) is 0 Å². The second-order valence-corrected chi connectivity index (χ2v) is 4.06. The molecule has 2 unspecified atom stereocenters. The molecule has 6 N–H and O–H groups in total. The van der Waals surface area contributed by atoms with Gasteiger partial charge in [0, 0.05) is 13.1 Å². The molecule has 0 heterocycles. The smallest absolute Gasteiger partial charge is 0.0662 e. The van der Waals surface area contributed by atoms with E-state index < -0.39 is 0 Å².